The van der Waals surface area contributed by atoms with E-state index in [0.717, 1.165) is 13.1 Å². The van der Waals surface area contributed by atoms with Gasteiger partial charge in [-0.1, -0.05) is 11.6 Å². The summed E-state index contributed by atoms with van der Waals surface area (Å²) in [6.45, 7) is 7.43. The van der Waals surface area contributed by atoms with Gasteiger partial charge in [0.2, 0.25) is 5.91 Å². The van der Waals surface area contributed by atoms with E-state index in [2.05, 4.69) is 10.2 Å². The molecule has 1 aromatic carbocycles. The zero-order valence-corrected chi connectivity index (χ0v) is 14.2. The molecular formula is C16H23ClN2O3. The van der Waals surface area contributed by atoms with Crippen LogP contribution in [0.15, 0.2) is 18.2 Å². The topological polar surface area (TPSA) is 50.8 Å². The SMILES string of the molecule is COc1ccc(Cl)cc1NC(=O)[C@H](C)N1C[C@H](C)O[C@@H](C)C1. The van der Waals surface area contributed by atoms with Crippen LogP contribution in [0.2, 0.25) is 5.02 Å². The molecule has 1 saturated heterocycles. The van der Waals surface area contributed by atoms with Gasteiger partial charge in [-0.3, -0.25) is 9.69 Å². The van der Waals surface area contributed by atoms with E-state index < -0.39 is 0 Å². The lowest BCUT2D eigenvalue weighted by Gasteiger charge is -2.38. The second-order valence-corrected chi connectivity index (χ2v) is 6.16. The standard InChI is InChI=1S/C16H23ClN2O3/c1-10-8-19(9-11(2)22-10)12(3)16(20)18-14-7-13(17)5-6-15(14)21-4/h5-7,10-12H,8-9H2,1-4H3,(H,18,20)/t10-,11-,12-/m0/s1. The minimum atomic E-state index is -0.252. The number of hydrogen-bond donors (Lipinski definition) is 1. The first-order valence-electron chi connectivity index (χ1n) is 7.44. The molecule has 2 rings (SSSR count). The highest BCUT2D eigenvalue weighted by atomic mass is 35.5. The summed E-state index contributed by atoms with van der Waals surface area (Å²) in [6, 6.07) is 4.90. The fraction of sp³-hybridized carbons (Fsp3) is 0.562. The number of ether oxygens (including phenoxy) is 2. The number of morpholine rings is 1. The van der Waals surface area contributed by atoms with Crippen LogP contribution in [-0.4, -0.2) is 49.3 Å². The number of nitrogens with zero attached hydrogens (tertiary/aromatic N) is 1. The molecule has 1 aliphatic rings. The molecule has 0 aromatic heterocycles. The normalized spacial score (nSPS) is 23.9. The molecule has 5 nitrogen and oxygen atoms in total. The molecule has 1 fully saturated rings. The quantitative estimate of drug-likeness (QED) is 0.924. The predicted octanol–water partition coefficient (Wildman–Crippen LogP) is 2.78. The van der Waals surface area contributed by atoms with Gasteiger partial charge in [0.25, 0.3) is 0 Å². The van der Waals surface area contributed by atoms with Crippen molar-refractivity contribution in [2.45, 2.75) is 39.0 Å². The number of hydrogen-bond acceptors (Lipinski definition) is 4. The lowest BCUT2D eigenvalue weighted by atomic mass is 10.1. The first-order chi connectivity index (χ1) is 10.4. The molecule has 0 unspecified atom stereocenters. The molecule has 1 aromatic rings. The van der Waals surface area contributed by atoms with Crippen molar-refractivity contribution in [3.8, 4) is 5.75 Å². The van der Waals surface area contributed by atoms with Gasteiger partial charge in [0.15, 0.2) is 0 Å². The molecule has 6 heteroatoms. The fourth-order valence-electron chi connectivity index (χ4n) is 2.71. The Kier molecular flexibility index (Phi) is 5.67. The first kappa shape index (κ1) is 17.1. The molecule has 1 heterocycles. The van der Waals surface area contributed by atoms with Gasteiger partial charge in [0.05, 0.1) is 31.0 Å². The smallest absolute Gasteiger partial charge is 0.241 e. The third-order valence-corrected chi connectivity index (χ3v) is 4.03. The van der Waals surface area contributed by atoms with Gasteiger partial charge in [-0.05, 0) is 39.0 Å². The van der Waals surface area contributed by atoms with E-state index in [1.165, 1.54) is 0 Å². The van der Waals surface area contributed by atoms with Gasteiger partial charge in [-0.15, -0.1) is 0 Å². The first-order valence-corrected chi connectivity index (χ1v) is 7.82. The van der Waals surface area contributed by atoms with Crippen molar-refractivity contribution >= 4 is 23.2 Å². The lowest BCUT2D eigenvalue weighted by molar-refractivity contribution is -0.126. The van der Waals surface area contributed by atoms with Crippen LogP contribution in [0.3, 0.4) is 0 Å². The number of amides is 1. The zero-order chi connectivity index (χ0) is 16.3. The number of carbonyl (C=O) groups excluding carboxylic acids is 1. The molecule has 0 radical (unpaired) electrons. The van der Waals surface area contributed by atoms with Crippen molar-refractivity contribution in [1.29, 1.82) is 0 Å². The van der Waals surface area contributed by atoms with Gasteiger partial charge < -0.3 is 14.8 Å². The summed E-state index contributed by atoms with van der Waals surface area (Å²) in [4.78, 5) is 14.6. The zero-order valence-electron chi connectivity index (χ0n) is 13.4. The Balaban J connectivity index is 2.07. The number of nitrogens with one attached hydrogen (secondary N) is 1. The minimum Gasteiger partial charge on any atom is -0.495 e. The second kappa shape index (κ2) is 7.31. The van der Waals surface area contributed by atoms with E-state index in [1.54, 1.807) is 25.3 Å². The van der Waals surface area contributed by atoms with Crippen molar-refractivity contribution in [3.05, 3.63) is 23.2 Å². The monoisotopic (exact) mass is 326 g/mol. The number of benzene rings is 1. The number of methoxy groups -OCH3 is 1. The van der Waals surface area contributed by atoms with Crippen molar-refractivity contribution in [3.63, 3.8) is 0 Å². The molecule has 0 spiro atoms. The summed E-state index contributed by atoms with van der Waals surface area (Å²) < 4.78 is 11.0. The maximum absolute atomic E-state index is 12.5. The van der Waals surface area contributed by atoms with Crippen LogP contribution < -0.4 is 10.1 Å². The number of carbonyl (C=O) groups is 1. The third kappa shape index (κ3) is 4.12. The average Bonchev–Trinajstić information content (AvgIpc) is 2.45. The van der Waals surface area contributed by atoms with E-state index in [9.17, 15) is 4.79 Å². The Morgan fingerprint density at radius 1 is 1.41 bits per heavy atom. The number of anilines is 1. The minimum absolute atomic E-state index is 0.0816. The van der Waals surface area contributed by atoms with Gasteiger partial charge in [0, 0.05) is 18.1 Å². The van der Waals surface area contributed by atoms with Crippen LogP contribution in [-0.2, 0) is 9.53 Å². The van der Waals surface area contributed by atoms with Crippen molar-refractivity contribution in [2.24, 2.45) is 0 Å². The van der Waals surface area contributed by atoms with Gasteiger partial charge in [-0.25, -0.2) is 0 Å². The Labute approximate surface area is 136 Å². The van der Waals surface area contributed by atoms with Crippen LogP contribution in [0.25, 0.3) is 0 Å². The van der Waals surface area contributed by atoms with Crippen molar-refractivity contribution in [1.82, 2.24) is 4.90 Å². The number of halogens is 1. The fourth-order valence-corrected chi connectivity index (χ4v) is 2.89. The predicted molar refractivity (Wildman–Crippen MR) is 87.7 cm³/mol. The summed E-state index contributed by atoms with van der Waals surface area (Å²) in [7, 11) is 1.56. The second-order valence-electron chi connectivity index (χ2n) is 5.72. The highest BCUT2D eigenvalue weighted by Gasteiger charge is 2.29. The van der Waals surface area contributed by atoms with E-state index in [0.29, 0.717) is 16.5 Å². The van der Waals surface area contributed by atoms with Crippen molar-refractivity contribution < 1.29 is 14.3 Å². The molecule has 1 amide bonds. The lowest BCUT2D eigenvalue weighted by Crippen LogP contribution is -2.52. The summed E-state index contributed by atoms with van der Waals surface area (Å²) in [5.41, 5.74) is 0.584. The van der Waals surface area contributed by atoms with Crippen LogP contribution >= 0.6 is 11.6 Å². The van der Waals surface area contributed by atoms with Gasteiger partial charge in [-0.2, -0.15) is 0 Å². The Morgan fingerprint density at radius 2 is 2.05 bits per heavy atom. The summed E-state index contributed by atoms with van der Waals surface area (Å²) in [6.07, 6.45) is 0.249. The van der Waals surface area contributed by atoms with Crippen LogP contribution in [0.4, 0.5) is 5.69 Å². The molecule has 0 aliphatic carbocycles. The summed E-state index contributed by atoms with van der Waals surface area (Å²) in [5.74, 6) is 0.510. The summed E-state index contributed by atoms with van der Waals surface area (Å²) >= 11 is 5.99. The van der Waals surface area contributed by atoms with E-state index in [4.69, 9.17) is 21.1 Å². The van der Waals surface area contributed by atoms with Crippen molar-refractivity contribution in [2.75, 3.05) is 25.5 Å². The van der Waals surface area contributed by atoms with E-state index in [-0.39, 0.29) is 24.2 Å². The van der Waals surface area contributed by atoms with Crippen LogP contribution in [0.1, 0.15) is 20.8 Å². The van der Waals surface area contributed by atoms with Crippen LogP contribution in [0.5, 0.6) is 5.75 Å². The van der Waals surface area contributed by atoms with Gasteiger partial charge in [0.1, 0.15) is 5.75 Å². The molecular weight excluding hydrogens is 304 g/mol. The molecule has 22 heavy (non-hydrogen) atoms. The summed E-state index contributed by atoms with van der Waals surface area (Å²) in [5, 5.41) is 3.45. The Bertz CT molecular complexity index is 528. The highest BCUT2D eigenvalue weighted by molar-refractivity contribution is 6.31. The highest BCUT2D eigenvalue weighted by Crippen LogP contribution is 2.28. The molecule has 0 saturated carbocycles. The average molecular weight is 327 g/mol. The maximum atomic E-state index is 12.5. The maximum Gasteiger partial charge on any atom is 0.241 e. The molecule has 1 N–H and O–H groups in total. The number of rotatable bonds is 4. The van der Waals surface area contributed by atoms with Gasteiger partial charge >= 0.3 is 0 Å². The molecule has 122 valence electrons. The molecule has 3 atom stereocenters. The molecule has 1 aliphatic heterocycles. The largest absolute Gasteiger partial charge is 0.495 e. The third-order valence-electron chi connectivity index (χ3n) is 3.79. The van der Waals surface area contributed by atoms with E-state index >= 15 is 0 Å². The molecule has 0 bridgehead atoms. The Hall–Kier alpha value is -1.30. The van der Waals surface area contributed by atoms with E-state index in [1.807, 2.05) is 20.8 Å². The van der Waals surface area contributed by atoms with Crippen LogP contribution in [0, 0.1) is 0 Å². The Morgan fingerprint density at radius 3 is 2.64 bits per heavy atom.